The van der Waals surface area contributed by atoms with E-state index < -0.39 is 0 Å². The van der Waals surface area contributed by atoms with Gasteiger partial charge in [0.2, 0.25) is 0 Å². The van der Waals surface area contributed by atoms with Crippen LogP contribution in [-0.2, 0) is 13.0 Å². The number of nitrogens with one attached hydrogen (secondary N) is 1. The van der Waals surface area contributed by atoms with Crippen molar-refractivity contribution in [3.63, 3.8) is 0 Å². The van der Waals surface area contributed by atoms with Crippen LogP contribution in [0.25, 0.3) is 0 Å². The number of hydrogen-bond donors (Lipinski definition) is 1. The minimum atomic E-state index is 0.868. The van der Waals surface area contributed by atoms with E-state index in [9.17, 15) is 0 Å². The molecule has 86 valence electrons. The number of aromatic nitrogens is 2. The highest BCUT2D eigenvalue weighted by atomic mass is 14.9. The fourth-order valence-electron chi connectivity index (χ4n) is 1.33. The van der Waals surface area contributed by atoms with Crippen molar-refractivity contribution in [3.8, 4) is 0 Å². The smallest absolute Gasteiger partial charge is 0.125 e. The van der Waals surface area contributed by atoms with E-state index in [2.05, 4.69) is 15.3 Å². The van der Waals surface area contributed by atoms with Crippen LogP contribution >= 0.6 is 0 Å². The predicted molar refractivity (Wildman–Crippen MR) is 64.9 cm³/mol. The summed E-state index contributed by atoms with van der Waals surface area (Å²) in [4.78, 5) is 8.49. The summed E-state index contributed by atoms with van der Waals surface area (Å²) in [6, 6.07) is 0. The predicted octanol–water partition coefficient (Wildman–Crippen LogP) is 2.48. The summed E-state index contributed by atoms with van der Waals surface area (Å²) >= 11 is 0. The first-order valence-corrected chi connectivity index (χ1v) is 5.88. The van der Waals surface area contributed by atoms with Gasteiger partial charge in [-0.05, 0) is 25.5 Å². The molecule has 1 aromatic rings. The molecule has 0 unspecified atom stereocenters. The maximum Gasteiger partial charge on any atom is 0.125 e. The second kappa shape index (κ2) is 8.36. The van der Waals surface area contributed by atoms with Gasteiger partial charge in [-0.15, -0.1) is 0 Å². The molecule has 0 amide bonds. The van der Waals surface area contributed by atoms with Crippen LogP contribution in [0.15, 0.2) is 6.20 Å². The second-order valence-corrected chi connectivity index (χ2v) is 2.82. The van der Waals surface area contributed by atoms with Gasteiger partial charge >= 0.3 is 0 Å². The normalized spacial score (nSPS) is 12.6. The fraction of sp³-hybridized carbons (Fsp3) is 0.667. The molecule has 0 atom stereocenters. The lowest BCUT2D eigenvalue weighted by Gasteiger charge is -2.14. The van der Waals surface area contributed by atoms with Gasteiger partial charge in [0.15, 0.2) is 0 Å². The molecule has 0 saturated carbocycles. The largest absolute Gasteiger partial charge is 0.311 e. The zero-order valence-electron chi connectivity index (χ0n) is 10.6. The van der Waals surface area contributed by atoms with E-state index in [1.54, 1.807) is 0 Å². The summed E-state index contributed by atoms with van der Waals surface area (Å²) in [6.07, 6.45) is 3.01. The van der Waals surface area contributed by atoms with Gasteiger partial charge < -0.3 is 5.32 Å². The summed E-state index contributed by atoms with van der Waals surface area (Å²) in [6.45, 7) is 11.9. The molecule has 2 heterocycles. The van der Waals surface area contributed by atoms with E-state index in [0.29, 0.717) is 0 Å². The summed E-state index contributed by atoms with van der Waals surface area (Å²) in [7, 11) is 0. The van der Waals surface area contributed by atoms with E-state index in [4.69, 9.17) is 0 Å². The Morgan fingerprint density at radius 1 is 1.20 bits per heavy atom. The fourth-order valence-corrected chi connectivity index (χ4v) is 1.33. The van der Waals surface area contributed by atoms with Gasteiger partial charge in [0.05, 0.1) is 5.69 Å². The van der Waals surface area contributed by atoms with E-state index >= 15 is 0 Å². The molecule has 0 aromatic carbocycles. The van der Waals surface area contributed by atoms with Gasteiger partial charge in [-0.1, -0.05) is 27.7 Å². The molecule has 1 aliphatic rings. The molecule has 1 aliphatic heterocycles. The highest BCUT2D eigenvalue weighted by Gasteiger charge is 2.09. The standard InChI is InChI=1S/C8H11N3.2C2H6/c1-6-10-4-7-2-3-9-5-8(7)11-6;2*1-2/h4,9H,2-3,5H2,1H3;2*1-2H3. The van der Waals surface area contributed by atoms with Crippen LogP contribution in [0.3, 0.4) is 0 Å². The van der Waals surface area contributed by atoms with Crippen LogP contribution in [0.1, 0.15) is 44.8 Å². The Morgan fingerprint density at radius 3 is 2.53 bits per heavy atom. The molecule has 0 aliphatic carbocycles. The first kappa shape index (κ1) is 14.0. The van der Waals surface area contributed by atoms with Crippen LogP contribution < -0.4 is 5.32 Å². The van der Waals surface area contributed by atoms with Crippen molar-refractivity contribution in [2.45, 2.75) is 47.6 Å². The van der Waals surface area contributed by atoms with Crippen LogP contribution in [0.4, 0.5) is 0 Å². The number of rotatable bonds is 0. The Balaban J connectivity index is 0.000000442. The molecule has 1 aromatic heterocycles. The maximum atomic E-state index is 4.34. The molecule has 0 bridgehead atoms. The molecular formula is C12H23N3. The van der Waals surface area contributed by atoms with Gasteiger partial charge in [0.1, 0.15) is 5.82 Å². The maximum absolute atomic E-state index is 4.34. The molecule has 3 nitrogen and oxygen atoms in total. The van der Waals surface area contributed by atoms with E-state index in [1.807, 2.05) is 40.8 Å². The molecule has 1 N–H and O–H groups in total. The van der Waals surface area contributed by atoms with Crippen molar-refractivity contribution in [1.82, 2.24) is 15.3 Å². The molecule has 0 spiro atoms. The van der Waals surface area contributed by atoms with Crippen LogP contribution in [0.2, 0.25) is 0 Å². The Kier molecular flexibility index (Phi) is 7.82. The first-order chi connectivity index (χ1) is 7.36. The van der Waals surface area contributed by atoms with Crippen LogP contribution in [0, 0.1) is 6.92 Å². The Hall–Kier alpha value is -0.960. The average Bonchev–Trinajstić information content (AvgIpc) is 2.34. The minimum absolute atomic E-state index is 0.868. The zero-order chi connectivity index (χ0) is 11.7. The van der Waals surface area contributed by atoms with Crippen molar-refractivity contribution in [1.29, 1.82) is 0 Å². The number of aryl methyl sites for hydroxylation is 1. The third-order valence-corrected chi connectivity index (χ3v) is 1.94. The lowest BCUT2D eigenvalue weighted by molar-refractivity contribution is 0.619. The monoisotopic (exact) mass is 209 g/mol. The topological polar surface area (TPSA) is 37.8 Å². The van der Waals surface area contributed by atoms with Gasteiger partial charge in [0, 0.05) is 12.7 Å². The summed E-state index contributed by atoms with van der Waals surface area (Å²) in [5.74, 6) is 0.868. The van der Waals surface area contributed by atoms with Crippen LogP contribution in [-0.4, -0.2) is 16.5 Å². The van der Waals surface area contributed by atoms with Gasteiger partial charge in [0.25, 0.3) is 0 Å². The van der Waals surface area contributed by atoms with Crippen molar-refractivity contribution >= 4 is 0 Å². The second-order valence-electron chi connectivity index (χ2n) is 2.82. The van der Waals surface area contributed by atoms with E-state index in [-0.39, 0.29) is 0 Å². The lowest BCUT2D eigenvalue weighted by atomic mass is 10.1. The number of hydrogen-bond acceptors (Lipinski definition) is 3. The average molecular weight is 209 g/mol. The molecular weight excluding hydrogens is 186 g/mol. The lowest BCUT2D eigenvalue weighted by Crippen LogP contribution is -2.25. The van der Waals surface area contributed by atoms with Crippen molar-refractivity contribution < 1.29 is 0 Å². The van der Waals surface area contributed by atoms with Crippen LogP contribution in [0.5, 0.6) is 0 Å². The molecule has 0 saturated heterocycles. The van der Waals surface area contributed by atoms with Gasteiger partial charge in [-0.25, -0.2) is 9.97 Å². The summed E-state index contributed by atoms with van der Waals surface area (Å²) < 4.78 is 0. The zero-order valence-corrected chi connectivity index (χ0v) is 10.6. The van der Waals surface area contributed by atoms with E-state index in [0.717, 1.165) is 25.3 Å². The Morgan fingerprint density at radius 2 is 1.87 bits per heavy atom. The number of nitrogens with zero attached hydrogens (tertiary/aromatic N) is 2. The van der Waals surface area contributed by atoms with Gasteiger partial charge in [-0.2, -0.15) is 0 Å². The molecule has 2 rings (SSSR count). The molecule has 3 heteroatoms. The Labute approximate surface area is 93.3 Å². The van der Waals surface area contributed by atoms with E-state index in [1.165, 1.54) is 11.3 Å². The van der Waals surface area contributed by atoms with Crippen molar-refractivity contribution in [2.24, 2.45) is 0 Å². The highest BCUT2D eigenvalue weighted by Crippen LogP contribution is 2.08. The Bertz CT molecular complexity index is 272. The number of fused-ring (bicyclic) bond motifs is 1. The quantitative estimate of drug-likeness (QED) is 0.713. The van der Waals surface area contributed by atoms with Crippen molar-refractivity contribution in [2.75, 3.05) is 6.54 Å². The summed E-state index contributed by atoms with van der Waals surface area (Å²) in [5, 5.41) is 3.28. The molecule has 0 radical (unpaired) electrons. The van der Waals surface area contributed by atoms with Crippen molar-refractivity contribution in [3.05, 3.63) is 23.3 Å². The minimum Gasteiger partial charge on any atom is -0.311 e. The third kappa shape index (κ3) is 4.38. The third-order valence-electron chi connectivity index (χ3n) is 1.94. The summed E-state index contributed by atoms with van der Waals surface area (Å²) in [5.41, 5.74) is 2.47. The molecule has 15 heavy (non-hydrogen) atoms. The molecule has 0 fully saturated rings. The van der Waals surface area contributed by atoms with Gasteiger partial charge in [-0.3, -0.25) is 0 Å². The SMILES string of the molecule is CC.CC.Cc1ncc2c(n1)CNCC2. The first-order valence-electron chi connectivity index (χ1n) is 5.88. The highest BCUT2D eigenvalue weighted by molar-refractivity contribution is 5.19.